The maximum absolute atomic E-state index is 13.8. The highest BCUT2D eigenvalue weighted by Gasteiger charge is 2.27. The van der Waals surface area contributed by atoms with Gasteiger partial charge >= 0.3 is 0 Å². The Morgan fingerprint density at radius 2 is 2.00 bits per heavy atom. The van der Waals surface area contributed by atoms with Gasteiger partial charge in [-0.15, -0.1) is 0 Å². The average molecular weight is 380 g/mol. The first-order valence-electron chi connectivity index (χ1n) is 9.87. The van der Waals surface area contributed by atoms with Gasteiger partial charge in [0, 0.05) is 13.1 Å². The van der Waals surface area contributed by atoms with Crippen molar-refractivity contribution >= 4 is 22.6 Å². The number of likely N-dealkylation sites (tertiary alicyclic amines) is 1. The molecule has 0 spiro atoms. The van der Waals surface area contributed by atoms with E-state index in [9.17, 15) is 9.18 Å². The highest BCUT2D eigenvalue weighted by molar-refractivity contribution is 5.92. The second-order valence-corrected chi connectivity index (χ2v) is 7.30. The molecule has 4 rings (SSSR count). The molecular formula is C22H25FN4O. The third kappa shape index (κ3) is 3.78. The van der Waals surface area contributed by atoms with Gasteiger partial charge in [0.1, 0.15) is 11.6 Å². The number of piperidine rings is 1. The molecule has 1 atom stereocenters. The Kier molecular flexibility index (Phi) is 5.39. The standard InChI is InChI=1S/C22H25FN4O/c1-2-27-20-12-6-5-11-19(20)24-21(27)15-26-13-7-8-16(14-26)22(28)25-18-10-4-3-9-17(18)23/h3-6,9-12,16H,2,7-8,13-15H2,1H3,(H,25,28)/t16-/m1/s1. The number of nitrogens with zero attached hydrogens (tertiary/aromatic N) is 3. The van der Waals surface area contributed by atoms with Crippen molar-refractivity contribution in [3.8, 4) is 0 Å². The van der Waals surface area contributed by atoms with Gasteiger partial charge in [0.05, 0.1) is 29.2 Å². The largest absolute Gasteiger partial charge is 0.327 e. The van der Waals surface area contributed by atoms with Crippen LogP contribution in [-0.4, -0.2) is 33.4 Å². The van der Waals surface area contributed by atoms with Gasteiger partial charge in [-0.3, -0.25) is 9.69 Å². The fourth-order valence-electron chi connectivity index (χ4n) is 4.01. The van der Waals surface area contributed by atoms with Crippen LogP contribution in [0.1, 0.15) is 25.6 Å². The Labute approximate surface area is 164 Å². The normalized spacial score (nSPS) is 17.7. The van der Waals surface area contributed by atoms with Gasteiger partial charge in [0.2, 0.25) is 5.91 Å². The minimum absolute atomic E-state index is 0.112. The molecule has 0 aliphatic carbocycles. The number of aromatic nitrogens is 2. The van der Waals surface area contributed by atoms with Gasteiger partial charge in [-0.05, 0) is 50.6 Å². The van der Waals surface area contributed by atoms with E-state index < -0.39 is 5.82 Å². The Balaban J connectivity index is 1.46. The fourth-order valence-corrected chi connectivity index (χ4v) is 4.01. The molecule has 0 bridgehead atoms. The van der Waals surface area contributed by atoms with Gasteiger partial charge in [0.15, 0.2) is 0 Å². The lowest BCUT2D eigenvalue weighted by Crippen LogP contribution is -2.40. The van der Waals surface area contributed by atoms with Crippen LogP contribution in [0, 0.1) is 11.7 Å². The van der Waals surface area contributed by atoms with Crippen LogP contribution in [0.2, 0.25) is 0 Å². The smallest absolute Gasteiger partial charge is 0.228 e. The fraction of sp³-hybridized carbons (Fsp3) is 0.364. The Morgan fingerprint density at radius 3 is 2.82 bits per heavy atom. The van der Waals surface area contributed by atoms with Crippen molar-refractivity contribution in [1.29, 1.82) is 0 Å². The zero-order valence-electron chi connectivity index (χ0n) is 16.1. The number of carbonyl (C=O) groups excluding carboxylic acids is 1. The Morgan fingerprint density at radius 1 is 1.21 bits per heavy atom. The van der Waals surface area contributed by atoms with Crippen LogP contribution in [0.4, 0.5) is 10.1 Å². The van der Waals surface area contributed by atoms with Crippen molar-refractivity contribution in [1.82, 2.24) is 14.5 Å². The average Bonchev–Trinajstić information content (AvgIpc) is 3.06. The first-order valence-corrected chi connectivity index (χ1v) is 9.87. The molecule has 1 aromatic heterocycles. The number of hydrogen-bond acceptors (Lipinski definition) is 3. The summed E-state index contributed by atoms with van der Waals surface area (Å²) in [7, 11) is 0. The van der Waals surface area contributed by atoms with E-state index in [1.54, 1.807) is 18.2 Å². The molecule has 5 nitrogen and oxygen atoms in total. The van der Waals surface area contributed by atoms with Gasteiger partial charge in [-0.1, -0.05) is 24.3 Å². The molecule has 1 amide bonds. The summed E-state index contributed by atoms with van der Waals surface area (Å²) >= 11 is 0. The number of para-hydroxylation sites is 3. The van der Waals surface area contributed by atoms with Crippen LogP contribution >= 0.6 is 0 Å². The summed E-state index contributed by atoms with van der Waals surface area (Å²) < 4.78 is 16.1. The van der Waals surface area contributed by atoms with Gasteiger partial charge < -0.3 is 9.88 Å². The number of halogens is 1. The monoisotopic (exact) mass is 380 g/mol. The number of rotatable bonds is 5. The summed E-state index contributed by atoms with van der Waals surface area (Å²) in [6.07, 6.45) is 1.77. The first-order chi connectivity index (χ1) is 13.7. The summed E-state index contributed by atoms with van der Waals surface area (Å²) in [6, 6.07) is 14.5. The molecule has 1 aliphatic rings. The number of hydrogen-bond donors (Lipinski definition) is 1. The summed E-state index contributed by atoms with van der Waals surface area (Å²) in [4.78, 5) is 19.7. The number of nitrogens with one attached hydrogen (secondary N) is 1. The molecule has 1 fully saturated rings. The molecule has 28 heavy (non-hydrogen) atoms. The Hall–Kier alpha value is -2.73. The van der Waals surface area contributed by atoms with Crippen molar-refractivity contribution < 1.29 is 9.18 Å². The number of benzene rings is 2. The molecule has 1 aliphatic heterocycles. The number of fused-ring (bicyclic) bond motifs is 1. The number of anilines is 1. The second kappa shape index (κ2) is 8.10. The van der Waals surface area contributed by atoms with Crippen LogP contribution in [0.25, 0.3) is 11.0 Å². The number of amides is 1. The third-order valence-corrected chi connectivity index (χ3v) is 5.42. The molecule has 3 aromatic rings. The topological polar surface area (TPSA) is 50.2 Å². The lowest BCUT2D eigenvalue weighted by molar-refractivity contribution is -0.121. The molecule has 0 radical (unpaired) electrons. The molecule has 0 unspecified atom stereocenters. The quantitative estimate of drug-likeness (QED) is 0.727. The molecule has 1 saturated heterocycles. The highest BCUT2D eigenvalue weighted by atomic mass is 19.1. The first kappa shape index (κ1) is 18.6. The predicted octanol–water partition coefficient (Wildman–Crippen LogP) is 4.05. The zero-order chi connectivity index (χ0) is 19.5. The number of carbonyl (C=O) groups is 1. The van der Waals surface area contributed by atoms with E-state index in [-0.39, 0.29) is 17.5 Å². The lowest BCUT2D eigenvalue weighted by atomic mass is 9.97. The van der Waals surface area contributed by atoms with E-state index in [1.165, 1.54) is 6.07 Å². The van der Waals surface area contributed by atoms with Crippen LogP contribution in [-0.2, 0) is 17.9 Å². The maximum Gasteiger partial charge on any atom is 0.228 e. The summed E-state index contributed by atoms with van der Waals surface area (Å²) in [5.74, 6) is 0.366. The van der Waals surface area contributed by atoms with Gasteiger partial charge in [0.25, 0.3) is 0 Å². The van der Waals surface area contributed by atoms with Crippen LogP contribution in [0.3, 0.4) is 0 Å². The zero-order valence-corrected chi connectivity index (χ0v) is 16.1. The molecule has 1 N–H and O–H groups in total. The van der Waals surface area contributed by atoms with Crippen LogP contribution in [0.5, 0.6) is 0 Å². The predicted molar refractivity (Wildman–Crippen MR) is 108 cm³/mol. The van der Waals surface area contributed by atoms with Crippen LogP contribution < -0.4 is 5.32 Å². The van der Waals surface area contributed by atoms with Gasteiger partial charge in [-0.25, -0.2) is 9.37 Å². The maximum atomic E-state index is 13.8. The summed E-state index contributed by atoms with van der Waals surface area (Å²) in [5, 5.41) is 2.75. The van der Waals surface area contributed by atoms with E-state index in [4.69, 9.17) is 4.98 Å². The van der Waals surface area contributed by atoms with Crippen molar-refractivity contribution in [2.45, 2.75) is 32.9 Å². The van der Waals surface area contributed by atoms with Crippen LogP contribution in [0.15, 0.2) is 48.5 Å². The van der Waals surface area contributed by atoms with E-state index in [1.807, 2.05) is 18.2 Å². The number of imidazole rings is 1. The van der Waals surface area contributed by atoms with E-state index in [2.05, 4.69) is 27.8 Å². The van der Waals surface area contributed by atoms with E-state index in [0.29, 0.717) is 13.1 Å². The Bertz CT molecular complexity index is 984. The molecule has 146 valence electrons. The molecule has 0 saturated carbocycles. The summed E-state index contributed by atoms with van der Waals surface area (Å²) in [6.45, 7) is 5.30. The molecular weight excluding hydrogens is 355 g/mol. The minimum Gasteiger partial charge on any atom is -0.327 e. The lowest BCUT2D eigenvalue weighted by Gasteiger charge is -2.31. The molecule has 2 aromatic carbocycles. The summed E-state index contributed by atoms with van der Waals surface area (Å²) in [5.41, 5.74) is 2.40. The van der Waals surface area contributed by atoms with Crippen molar-refractivity contribution in [3.63, 3.8) is 0 Å². The third-order valence-electron chi connectivity index (χ3n) is 5.42. The van der Waals surface area contributed by atoms with Crippen molar-refractivity contribution in [3.05, 3.63) is 60.2 Å². The number of aryl methyl sites for hydroxylation is 1. The van der Waals surface area contributed by atoms with E-state index in [0.717, 1.165) is 42.8 Å². The van der Waals surface area contributed by atoms with Crippen molar-refractivity contribution in [2.24, 2.45) is 5.92 Å². The SMILES string of the molecule is CCn1c(CN2CCC[C@@H](C(=O)Nc3ccccc3F)C2)nc2ccccc21. The highest BCUT2D eigenvalue weighted by Crippen LogP contribution is 2.23. The molecule has 6 heteroatoms. The minimum atomic E-state index is -0.403. The molecule has 2 heterocycles. The second-order valence-electron chi connectivity index (χ2n) is 7.30. The van der Waals surface area contributed by atoms with Crippen molar-refractivity contribution in [2.75, 3.05) is 18.4 Å². The van der Waals surface area contributed by atoms with E-state index >= 15 is 0 Å². The van der Waals surface area contributed by atoms with Gasteiger partial charge in [-0.2, -0.15) is 0 Å².